The first-order valence-corrected chi connectivity index (χ1v) is 8.42. The summed E-state index contributed by atoms with van der Waals surface area (Å²) in [5.74, 6) is -1.82. The number of fused-ring (bicyclic) bond motifs is 1. The fourth-order valence-corrected chi connectivity index (χ4v) is 3.15. The molecule has 4 rings (SSSR count). The van der Waals surface area contributed by atoms with Gasteiger partial charge in [0.15, 0.2) is 17.3 Å². The minimum Gasteiger partial charge on any atom is -0.381 e. The van der Waals surface area contributed by atoms with Gasteiger partial charge in [-0.15, -0.1) is 0 Å². The molecule has 2 heterocycles. The van der Waals surface area contributed by atoms with E-state index in [1.165, 1.54) is 12.1 Å². The summed E-state index contributed by atoms with van der Waals surface area (Å²) in [6.45, 7) is 1.88. The Morgan fingerprint density at radius 1 is 1.31 bits per heavy atom. The Balaban J connectivity index is 1.64. The van der Waals surface area contributed by atoms with Crippen LogP contribution >= 0.6 is 0 Å². The molecule has 134 valence electrons. The fourth-order valence-electron chi connectivity index (χ4n) is 3.15. The molecular weight excluding hydrogens is 340 g/mol. The summed E-state index contributed by atoms with van der Waals surface area (Å²) in [4.78, 5) is 12.5. The quantitative estimate of drug-likeness (QED) is 0.753. The zero-order valence-electron chi connectivity index (χ0n) is 13.9. The highest BCUT2D eigenvalue weighted by molar-refractivity contribution is 6.05. The normalized spacial score (nSPS) is 16.9. The van der Waals surface area contributed by atoms with Gasteiger partial charge in [-0.2, -0.15) is 5.10 Å². The van der Waals surface area contributed by atoms with Gasteiger partial charge in [0.2, 0.25) is 0 Å². The smallest absolute Gasteiger partial charge is 0.272 e. The average molecular weight is 357 g/mol. The van der Waals surface area contributed by atoms with Crippen molar-refractivity contribution in [1.82, 2.24) is 15.5 Å². The molecule has 1 saturated heterocycles. The molecule has 0 aliphatic carbocycles. The highest BCUT2D eigenvalue weighted by Crippen LogP contribution is 2.28. The molecule has 2 N–H and O–H groups in total. The molecule has 0 unspecified atom stereocenters. The molecule has 1 atom stereocenters. The third-order valence-electron chi connectivity index (χ3n) is 4.62. The monoisotopic (exact) mass is 357 g/mol. The van der Waals surface area contributed by atoms with E-state index in [1.54, 1.807) is 18.2 Å². The Morgan fingerprint density at radius 3 is 3.00 bits per heavy atom. The van der Waals surface area contributed by atoms with Crippen molar-refractivity contribution in [1.29, 1.82) is 0 Å². The number of hydrogen-bond acceptors (Lipinski definition) is 3. The Hall–Kier alpha value is -2.80. The van der Waals surface area contributed by atoms with Gasteiger partial charge in [0, 0.05) is 30.0 Å². The molecule has 0 bridgehead atoms. The van der Waals surface area contributed by atoms with E-state index in [4.69, 9.17) is 4.74 Å². The van der Waals surface area contributed by atoms with Crippen LogP contribution in [-0.2, 0) is 4.74 Å². The topological polar surface area (TPSA) is 67.0 Å². The number of nitrogens with one attached hydrogen (secondary N) is 2. The summed E-state index contributed by atoms with van der Waals surface area (Å²) in [5.41, 5.74) is 1.51. The minimum absolute atomic E-state index is 0.141. The maximum absolute atomic E-state index is 14.1. The molecule has 1 aromatic heterocycles. The number of halogens is 2. The Labute approximate surface area is 148 Å². The summed E-state index contributed by atoms with van der Waals surface area (Å²) in [6, 6.07) is 9.02. The standard InChI is InChI=1S/C19H17F2N3O2/c20-15-3-1-2-13(17(15)21)12-4-5-16-14(8-12)18(24-23-16)19(25)22-9-11-6-7-26-10-11/h1-5,8,11H,6-7,9-10H2,(H,22,25)(H,23,24)/t11-/m1/s1. The van der Waals surface area contributed by atoms with Crippen molar-refractivity contribution in [2.75, 3.05) is 19.8 Å². The van der Waals surface area contributed by atoms with E-state index in [0.29, 0.717) is 42.1 Å². The van der Waals surface area contributed by atoms with E-state index < -0.39 is 11.6 Å². The molecular formula is C19H17F2N3O2. The van der Waals surface area contributed by atoms with Crippen LogP contribution in [0.4, 0.5) is 8.78 Å². The SMILES string of the molecule is O=C(NC[C@H]1CCOC1)c1n[nH]c2ccc(-c3cccc(F)c3F)cc12. The van der Waals surface area contributed by atoms with E-state index in [1.807, 2.05) is 0 Å². The molecule has 3 aromatic rings. The Kier molecular flexibility index (Phi) is 4.38. The number of ether oxygens (including phenoxy) is 1. The maximum atomic E-state index is 14.1. The molecule has 2 aromatic carbocycles. The van der Waals surface area contributed by atoms with Crippen molar-refractivity contribution < 1.29 is 18.3 Å². The van der Waals surface area contributed by atoms with Crippen molar-refractivity contribution in [2.45, 2.75) is 6.42 Å². The van der Waals surface area contributed by atoms with Crippen LogP contribution in [0.25, 0.3) is 22.0 Å². The number of nitrogens with zero attached hydrogens (tertiary/aromatic N) is 1. The predicted octanol–water partition coefficient (Wildman–Crippen LogP) is 3.27. The maximum Gasteiger partial charge on any atom is 0.272 e. The lowest BCUT2D eigenvalue weighted by Crippen LogP contribution is -2.29. The van der Waals surface area contributed by atoms with Gasteiger partial charge in [-0.3, -0.25) is 9.89 Å². The lowest BCUT2D eigenvalue weighted by Gasteiger charge is -2.08. The van der Waals surface area contributed by atoms with Gasteiger partial charge < -0.3 is 10.1 Å². The van der Waals surface area contributed by atoms with Crippen LogP contribution in [0, 0.1) is 17.6 Å². The lowest BCUT2D eigenvalue weighted by molar-refractivity contribution is 0.0941. The van der Waals surface area contributed by atoms with Gasteiger partial charge in [-0.05, 0) is 30.2 Å². The van der Waals surface area contributed by atoms with Gasteiger partial charge >= 0.3 is 0 Å². The number of aromatic nitrogens is 2. The van der Waals surface area contributed by atoms with Gasteiger partial charge in [0.1, 0.15) is 0 Å². The number of aromatic amines is 1. The number of benzene rings is 2. The van der Waals surface area contributed by atoms with E-state index in [0.717, 1.165) is 12.5 Å². The predicted molar refractivity (Wildman–Crippen MR) is 92.7 cm³/mol. The second kappa shape index (κ2) is 6.84. The Morgan fingerprint density at radius 2 is 2.19 bits per heavy atom. The number of H-pyrrole nitrogens is 1. The van der Waals surface area contributed by atoms with Crippen LogP contribution in [0.5, 0.6) is 0 Å². The van der Waals surface area contributed by atoms with E-state index in [9.17, 15) is 13.6 Å². The molecule has 1 fully saturated rings. The number of carbonyl (C=O) groups excluding carboxylic acids is 1. The van der Waals surface area contributed by atoms with Crippen molar-refractivity contribution in [3.63, 3.8) is 0 Å². The zero-order valence-corrected chi connectivity index (χ0v) is 13.9. The van der Waals surface area contributed by atoms with Crippen LogP contribution in [0.1, 0.15) is 16.9 Å². The van der Waals surface area contributed by atoms with Gasteiger partial charge in [-0.25, -0.2) is 8.78 Å². The lowest BCUT2D eigenvalue weighted by atomic mass is 10.0. The van der Waals surface area contributed by atoms with Gasteiger partial charge in [0.25, 0.3) is 5.91 Å². The first kappa shape index (κ1) is 16.7. The molecule has 5 nitrogen and oxygen atoms in total. The van der Waals surface area contributed by atoms with Crippen molar-refractivity contribution in [2.24, 2.45) is 5.92 Å². The second-order valence-electron chi connectivity index (χ2n) is 6.37. The first-order valence-electron chi connectivity index (χ1n) is 8.42. The van der Waals surface area contributed by atoms with Crippen LogP contribution < -0.4 is 5.32 Å². The van der Waals surface area contributed by atoms with E-state index in [-0.39, 0.29) is 17.2 Å². The third kappa shape index (κ3) is 3.06. The average Bonchev–Trinajstić information content (AvgIpc) is 3.31. The summed E-state index contributed by atoms with van der Waals surface area (Å²) < 4.78 is 32.9. The minimum atomic E-state index is -0.914. The molecule has 0 spiro atoms. The Bertz CT molecular complexity index is 965. The van der Waals surface area contributed by atoms with E-state index >= 15 is 0 Å². The summed E-state index contributed by atoms with van der Waals surface area (Å²) >= 11 is 0. The third-order valence-corrected chi connectivity index (χ3v) is 4.62. The van der Waals surface area contributed by atoms with Crippen LogP contribution in [-0.4, -0.2) is 35.9 Å². The largest absolute Gasteiger partial charge is 0.381 e. The van der Waals surface area contributed by atoms with Crippen LogP contribution in [0.2, 0.25) is 0 Å². The summed E-state index contributed by atoms with van der Waals surface area (Å²) in [6.07, 6.45) is 0.921. The number of carbonyl (C=O) groups is 1. The van der Waals surface area contributed by atoms with Crippen molar-refractivity contribution >= 4 is 16.8 Å². The summed E-state index contributed by atoms with van der Waals surface area (Å²) in [5, 5.41) is 10.3. The molecule has 0 saturated carbocycles. The zero-order chi connectivity index (χ0) is 18.1. The molecule has 1 aliphatic heterocycles. The molecule has 0 radical (unpaired) electrons. The number of rotatable bonds is 4. The molecule has 26 heavy (non-hydrogen) atoms. The first-order chi connectivity index (χ1) is 12.6. The highest BCUT2D eigenvalue weighted by atomic mass is 19.2. The summed E-state index contributed by atoms with van der Waals surface area (Å²) in [7, 11) is 0. The second-order valence-corrected chi connectivity index (χ2v) is 6.37. The van der Waals surface area contributed by atoms with Crippen LogP contribution in [0.15, 0.2) is 36.4 Å². The molecule has 1 aliphatic rings. The van der Waals surface area contributed by atoms with Crippen LogP contribution in [0.3, 0.4) is 0 Å². The molecule has 7 heteroatoms. The van der Waals surface area contributed by atoms with Gasteiger partial charge in [-0.1, -0.05) is 18.2 Å². The molecule has 1 amide bonds. The highest BCUT2D eigenvalue weighted by Gasteiger charge is 2.20. The van der Waals surface area contributed by atoms with Crippen molar-refractivity contribution in [3.05, 3.63) is 53.7 Å². The van der Waals surface area contributed by atoms with Gasteiger partial charge in [0.05, 0.1) is 12.1 Å². The van der Waals surface area contributed by atoms with Crippen molar-refractivity contribution in [3.8, 4) is 11.1 Å². The number of hydrogen-bond donors (Lipinski definition) is 2. The number of amides is 1. The van der Waals surface area contributed by atoms with E-state index in [2.05, 4.69) is 15.5 Å². The fraction of sp³-hybridized carbons (Fsp3) is 0.263.